The van der Waals surface area contributed by atoms with Crippen molar-refractivity contribution < 1.29 is 19.8 Å². The van der Waals surface area contributed by atoms with Gasteiger partial charge in [-0.15, -0.1) is 0 Å². The molecule has 0 heterocycles. The molecule has 0 aromatic heterocycles. The average molecular weight is 334 g/mol. The highest BCUT2D eigenvalue weighted by molar-refractivity contribution is 5.80. The van der Waals surface area contributed by atoms with Crippen LogP contribution in [-0.4, -0.2) is 22.2 Å². The molecule has 2 aliphatic carbocycles. The topological polar surface area (TPSA) is 74.6 Å². The van der Waals surface area contributed by atoms with Crippen LogP contribution in [0.4, 0.5) is 0 Å². The molecule has 4 nitrogen and oxygen atoms in total. The number of aliphatic carboxylic acids is 2. The Morgan fingerprint density at radius 1 is 1.29 bits per heavy atom. The van der Waals surface area contributed by atoms with Gasteiger partial charge in [0.1, 0.15) is 0 Å². The van der Waals surface area contributed by atoms with Crippen molar-refractivity contribution in [2.24, 2.45) is 22.7 Å². The van der Waals surface area contributed by atoms with Crippen LogP contribution in [0, 0.1) is 22.7 Å². The van der Waals surface area contributed by atoms with Crippen LogP contribution in [-0.2, 0) is 9.59 Å². The Kier molecular flexibility index (Phi) is 5.26. The van der Waals surface area contributed by atoms with Gasteiger partial charge in [-0.2, -0.15) is 0 Å². The summed E-state index contributed by atoms with van der Waals surface area (Å²) in [4.78, 5) is 22.7. The van der Waals surface area contributed by atoms with Crippen molar-refractivity contribution in [3.63, 3.8) is 0 Å². The van der Waals surface area contributed by atoms with E-state index in [9.17, 15) is 14.7 Å². The van der Waals surface area contributed by atoms with Gasteiger partial charge in [0.05, 0.1) is 5.41 Å². The second-order valence-corrected chi connectivity index (χ2v) is 8.20. The van der Waals surface area contributed by atoms with E-state index in [0.29, 0.717) is 12.3 Å². The molecule has 0 aromatic carbocycles. The molecule has 4 heteroatoms. The zero-order chi connectivity index (χ0) is 18.1. The van der Waals surface area contributed by atoms with Crippen LogP contribution in [0.15, 0.2) is 23.3 Å². The number of rotatable bonds is 5. The minimum atomic E-state index is -0.900. The molecule has 1 fully saturated rings. The molecular formula is C20H30O4. The Morgan fingerprint density at radius 2 is 1.96 bits per heavy atom. The van der Waals surface area contributed by atoms with Crippen molar-refractivity contribution in [2.45, 2.75) is 66.2 Å². The third-order valence-electron chi connectivity index (χ3n) is 6.71. The molecule has 4 atom stereocenters. The molecule has 134 valence electrons. The van der Waals surface area contributed by atoms with E-state index in [0.717, 1.165) is 37.7 Å². The molecule has 1 saturated carbocycles. The summed E-state index contributed by atoms with van der Waals surface area (Å²) in [6.45, 7) is 8.26. The van der Waals surface area contributed by atoms with Gasteiger partial charge in [0.2, 0.25) is 0 Å². The number of fused-ring (bicyclic) bond motifs is 1. The van der Waals surface area contributed by atoms with Crippen LogP contribution in [0.25, 0.3) is 0 Å². The van der Waals surface area contributed by atoms with E-state index in [1.54, 1.807) is 0 Å². The number of allylic oxidation sites excluding steroid dienone is 3. The monoisotopic (exact) mass is 334 g/mol. The maximum absolute atomic E-state index is 11.9. The van der Waals surface area contributed by atoms with Crippen LogP contribution < -0.4 is 0 Å². The first kappa shape index (κ1) is 18.8. The summed E-state index contributed by atoms with van der Waals surface area (Å²) in [6, 6.07) is 0. The fraction of sp³-hybridized carbons (Fsp3) is 0.700. The lowest BCUT2D eigenvalue weighted by Crippen LogP contribution is -2.47. The van der Waals surface area contributed by atoms with Crippen LogP contribution in [0.5, 0.6) is 0 Å². The molecule has 0 amide bonds. The number of hydrogen-bond donors (Lipinski definition) is 2. The van der Waals surface area contributed by atoms with Crippen molar-refractivity contribution in [3.8, 4) is 0 Å². The van der Waals surface area contributed by atoms with E-state index in [1.807, 2.05) is 13.8 Å². The Hall–Kier alpha value is -1.58. The zero-order valence-corrected chi connectivity index (χ0v) is 15.3. The van der Waals surface area contributed by atoms with Gasteiger partial charge in [-0.1, -0.05) is 31.1 Å². The summed E-state index contributed by atoms with van der Waals surface area (Å²) >= 11 is 0. The molecule has 2 aliphatic rings. The fourth-order valence-corrected chi connectivity index (χ4v) is 4.70. The number of hydrogen-bond acceptors (Lipinski definition) is 2. The SMILES string of the molecule is CC(=CC(=O)O)CCC1(C)C2=CCCC(C)(C(=O)O)C2CCC1C. The second-order valence-electron chi connectivity index (χ2n) is 8.20. The average Bonchev–Trinajstić information content (AvgIpc) is 2.49. The Bertz CT molecular complexity index is 588. The van der Waals surface area contributed by atoms with Crippen molar-refractivity contribution in [1.82, 2.24) is 0 Å². The lowest BCUT2D eigenvalue weighted by atomic mass is 9.51. The Balaban J connectivity index is 2.29. The minimum Gasteiger partial charge on any atom is -0.481 e. The third kappa shape index (κ3) is 3.28. The number of carbonyl (C=O) groups is 2. The van der Waals surface area contributed by atoms with E-state index in [4.69, 9.17) is 5.11 Å². The fourth-order valence-electron chi connectivity index (χ4n) is 4.70. The van der Waals surface area contributed by atoms with Crippen molar-refractivity contribution in [3.05, 3.63) is 23.3 Å². The van der Waals surface area contributed by atoms with Gasteiger partial charge in [-0.05, 0) is 69.6 Å². The first-order valence-corrected chi connectivity index (χ1v) is 8.95. The quantitative estimate of drug-likeness (QED) is 0.566. The van der Waals surface area contributed by atoms with Gasteiger partial charge in [-0.25, -0.2) is 4.79 Å². The van der Waals surface area contributed by atoms with E-state index in [1.165, 1.54) is 11.6 Å². The highest BCUT2D eigenvalue weighted by Gasteiger charge is 2.52. The molecule has 0 radical (unpaired) electrons. The Morgan fingerprint density at radius 3 is 2.54 bits per heavy atom. The van der Waals surface area contributed by atoms with E-state index >= 15 is 0 Å². The lowest BCUT2D eigenvalue weighted by molar-refractivity contribution is -0.152. The van der Waals surface area contributed by atoms with Gasteiger partial charge in [-0.3, -0.25) is 4.79 Å². The summed E-state index contributed by atoms with van der Waals surface area (Å²) in [5, 5.41) is 18.7. The molecule has 0 aliphatic heterocycles. The standard InChI is InChI=1S/C20H30O4/c1-13(12-17(21)22)9-11-19(3)14(2)7-8-16-15(19)6-5-10-20(16,4)18(23)24/h6,12,14,16H,5,7-11H2,1-4H3,(H,21,22)(H,23,24). The molecule has 2 rings (SSSR count). The summed E-state index contributed by atoms with van der Waals surface area (Å²) < 4.78 is 0. The molecule has 0 aromatic rings. The van der Waals surface area contributed by atoms with E-state index in [2.05, 4.69) is 19.9 Å². The third-order valence-corrected chi connectivity index (χ3v) is 6.71. The van der Waals surface area contributed by atoms with E-state index < -0.39 is 17.4 Å². The number of carboxylic acids is 2. The smallest absolute Gasteiger partial charge is 0.328 e. The van der Waals surface area contributed by atoms with Crippen molar-refractivity contribution >= 4 is 11.9 Å². The normalized spacial score (nSPS) is 36.7. The van der Waals surface area contributed by atoms with Crippen molar-refractivity contribution in [2.75, 3.05) is 0 Å². The summed E-state index contributed by atoms with van der Waals surface area (Å²) in [5.41, 5.74) is 1.46. The van der Waals surface area contributed by atoms with Crippen LogP contribution in [0.1, 0.15) is 66.2 Å². The maximum atomic E-state index is 11.9. The molecule has 0 saturated heterocycles. The maximum Gasteiger partial charge on any atom is 0.328 e. The Labute approximate surface area is 144 Å². The minimum absolute atomic E-state index is 0.0480. The molecule has 4 unspecified atom stereocenters. The van der Waals surface area contributed by atoms with Crippen LogP contribution >= 0.6 is 0 Å². The summed E-state index contributed by atoms with van der Waals surface area (Å²) in [7, 11) is 0. The van der Waals surface area contributed by atoms with Gasteiger partial charge < -0.3 is 10.2 Å². The largest absolute Gasteiger partial charge is 0.481 e. The van der Waals surface area contributed by atoms with Crippen LogP contribution in [0.3, 0.4) is 0 Å². The first-order chi connectivity index (χ1) is 11.1. The van der Waals surface area contributed by atoms with Gasteiger partial charge in [0.25, 0.3) is 0 Å². The first-order valence-electron chi connectivity index (χ1n) is 8.95. The van der Waals surface area contributed by atoms with Gasteiger partial charge in [0, 0.05) is 6.08 Å². The highest BCUT2D eigenvalue weighted by atomic mass is 16.4. The lowest BCUT2D eigenvalue weighted by Gasteiger charge is -2.52. The predicted octanol–water partition coefficient (Wildman–Crippen LogP) is 4.66. The molecule has 24 heavy (non-hydrogen) atoms. The summed E-state index contributed by atoms with van der Waals surface area (Å²) in [5.74, 6) is -0.998. The molecule has 2 N–H and O–H groups in total. The predicted molar refractivity (Wildman–Crippen MR) is 93.7 cm³/mol. The second kappa shape index (κ2) is 6.73. The van der Waals surface area contributed by atoms with Crippen molar-refractivity contribution in [1.29, 1.82) is 0 Å². The zero-order valence-electron chi connectivity index (χ0n) is 15.3. The highest BCUT2D eigenvalue weighted by Crippen LogP contribution is 2.58. The molecular weight excluding hydrogens is 304 g/mol. The van der Waals surface area contributed by atoms with E-state index in [-0.39, 0.29) is 11.3 Å². The molecule has 0 bridgehead atoms. The summed E-state index contributed by atoms with van der Waals surface area (Å²) in [6.07, 6.45) is 8.67. The van der Waals surface area contributed by atoms with Gasteiger partial charge in [0.15, 0.2) is 0 Å². The number of carboxylic acid groups (broad SMARTS) is 2. The van der Waals surface area contributed by atoms with Gasteiger partial charge >= 0.3 is 11.9 Å². The van der Waals surface area contributed by atoms with Crippen LogP contribution in [0.2, 0.25) is 0 Å². The molecule has 0 spiro atoms.